The van der Waals surface area contributed by atoms with Crippen LogP contribution in [0.2, 0.25) is 0 Å². The van der Waals surface area contributed by atoms with E-state index in [1.807, 2.05) is 44.5 Å². The highest BCUT2D eigenvalue weighted by Crippen LogP contribution is 2.26. The van der Waals surface area contributed by atoms with Crippen LogP contribution in [0.25, 0.3) is 0 Å². The highest BCUT2D eigenvalue weighted by atomic mass is 16.3. The molecule has 2 N–H and O–H groups in total. The van der Waals surface area contributed by atoms with Gasteiger partial charge in [-0.25, -0.2) is 0 Å². The second-order valence-electron chi connectivity index (χ2n) is 4.97. The van der Waals surface area contributed by atoms with Gasteiger partial charge in [-0.05, 0) is 26.8 Å². The van der Waals surface area contributed by atoms with Crippen molar-refractivity contribution in [2.45, 2.75) is 32.9 Å². The molecule has 2 aromatic rings. The predicted octanol–water partition coefficient (Wildman–Crippen LogP) is 2.24. The summed E-state index contributed by atoms with van der Waals surface area (Å²) in [5.74, 6) is 1.19. The molecule has 2 atom stereocenters. The average Bonchev–Trinajstić information content (AvgIpc) is 2.78. The van der Waals surface area contributed by atoms with Crippen molar-refractivity contribution in [3.8, 4) is 5.75 Å². The molecule has 19 heavy (non-hydrogen) atoms. The van der Waals surface area contributed by atoms with E-state index in [1.54, 1.807) is 12.4 Å². The molecule has 0 bridgehead atoms. The summed E-state index contributed by atoms with van der Waals surface area (Å²) in [6, 6.07) is 5.72. The maximum Gasteiger partial charge on any atom is 0.149 e. The molecule has 0 amide bonds. The lowest BCUT2D eigenvalue weighted by molar-refractivity contribution is 0.429. The van der Waals surface area contributed by atoms with Gasteiger partial charge in [0.2, 0.25) is 0 Å². The van der Waals surface area contributed by atoms with Crippen LogP contribution < -0.4 is 5.32 Å². The van der Waals surface area contributed by atoms with E-state index in [-0.39, 0.29) is 12.1 Å². The summed E-state index contributed by atoms with van der Waals surface area (Å²) >= 11 is 0. The van der Waals surface area contributed by atoms with Gasteiger partial charge in [-0.15, -0.1) is 10.2 Å². The number of benzene rings is 1. The predicted molar refractivity (Wildman–Crippen MR) is 73.8 cm³/mol. The normalized spacial score (nSPS) is 14.3. The molecule has 1 aromatic carbocycles. The number of aryl methyl sites for hydroxylation is 2. The lowest BCUT2D eigenvalue weighted by atomic mass is 10.0. The minimum atomic E-state index is 0.0339. The first-order valence-electron chi connectivity index (χ1n) is 6.38. The summed E-state index contributed by atoms with van der Waals surface area (Å²) in [5, 5.41) is 21.3. The molecule has 1 aromatic heterocycles. The molecule has 102 valence electrons. The Bertz CT molecular complexity index is 564. The van der Waals surface area contributed by atoms with Crippen LogP contribution in [0, 0.1) is 6.92 Å². The van der Waals surface area contributed by atoms with Crippen LogP contribution in [-0.4, -0.2) is 19.9 Å². The number of aromatic nitrogens is 3. The molecule has 5 nitrogen and oxygen atoms in total. The largest absolute Gasteiger partial charge is 0.508 e. The summed E-state index contributed by atoms with van der Waals surface area (Å²) in [6.45, 7) is 6.08. The van der Waals surface area contributed by atoms with Gasteiger partial charge in [0.05, 0.1) is 6.04 Å². The second-order valence-corrected chi connectivity index (χ2v) is 4.97. The zero-order valence-corrected chi connectivity index (χ0v) is 11.8. The standard InChI is InChI=1S/C14H20N4O/c1-9-5-6-13(19)12(7-9)10(2)16-11(3)14-17-15-8-18(14)4/h5-8,10-11,16,19H,1-4H3. The van der Waals surface area contributed by atoms with E-state index in [9.17, 15) is 5.11 Å². The Morgan fingerprint density at radius 3 is 2.63 bits per heavy atom. The molecule has 0 aliphatic heterocycles. The second kappa shape index (κ2) is 5.40. The van der Waals surface area contributed by atoms with Gasteiger partial charge < -0.3 is 15.0 Å². The van der Waals surface area contributed by atoms with Gasteiger partial charge in [0.25, 0.3) is 0 Å². The number of rotatable bonds is 4. The smallest absolute Gasteiger partial charge is 0.149 e. The Balaban J connectivity index is 2.15. The van der Waals surface area contributed by atoms with Crippen molar-refractivity contribution in [2.24, 2.45) is 7.05 Å². The molecule has 0 radical (unpaired) electrons. The summed E-state index contributed by atoms with van der Waals surface area (Å²) in [5.41, 5.74) is 2.03. The van der Waals surface area contributed by atoms with Crippen LogP contribution in [0.5, 0.6) is 5.75 Å². The third-order valence-electron chi connectivity index (χ3n) is 3.28. The molecular weight excluding hydrogens is 240 g/mol. The van der Waals surface area contributed by atoms with Gasteiger partial charge in [0.1, 0.15) is 17.9 Å². The Labute approximate surface area is 113 Å². The van der Waals surface area contributed by atoms with Gasteiger partial charge in [-0.2, -0.15) is 0 Å². The van der Waals surface area contributed by atoms with E-state index in [0.29, 0.717) is 5.75 Å². The molecule has 0 saturated heterocycles. The van der Waals surface area contributed by atoms with Crippen molar-refractivity contribution in [1.29, 1.82) is 0 Å². The lowest BCUT2D eigenvalue weighted by Crippen LogP contribution is -2.24. The Kier molecular flexibility index (Phi) is 3.85. The zero-order chi connectivity index (χ0) is 14.0. The third-order valence-corrected chi connectivity index (χ3v) is 3.28. The fourth-order valence-electron chi connectivity index (χ4n) is 2.24. The minimum Gasteiger partial charge on any atom is -0.508 e. The van der Waals surface area contributed by atoms with Crippen molar-refractivity contribution in [2.75, 3.05) is 0 Å². The quantitative estimate of drug-likeness (QED) is 0.885. The summed E-state index contributed by atoms with van der Waals surface area (Å²) in [4.78, 5) is 0. The van der Waals surface area contributed by atoms with E-state index in [2.05, 4.69) is 15.5 Å². The van der Waals surface area contributed by atoms with Crippen LogP contribution in [0.4, 0.5) is 0 Å². The van der Waals surface area contributed by atoms with E-state index in [0.717, 1.165) is 17.0 Å². The van der Waals surface area contributed by atoms with Crippen LogP contribution in [0.1, 0.15) is 42.9 Å². The first kappa shape index (κ1) is 13.5. The van der Waals surface area contributed by atoms with Gasteiger partial charge >= 0.3 is 0 Å². The fourth-order valence-corrected chi connectivity index (χ4v) is 2.24. The van der Waals surface area contributed by atoms with E-state index < -0.39 is 0 Å². The summed E-state index contributed by atoms with van der Waals surface area (Å²) in [6.07, 6.45) is 1.68. The topological polar surface area (TPSA) is 63.0 Å². The number of hydrogen-bond donors (Lipinski definition) is 2. The number of nitrogens with zero attached hydrogens (tertiary/aromatic N) is 3. The first-order chi connectivity index (χ1) is 8.99. The average molecular weight is 260 g/mol. The van der Waals surface area contributed by atoms with Gasteiger partial charge in [0.15, 0.2) is 0 Å². The van der Waals surface area contributed by atoms with E-state index in [1.165, 1.54) is 0 Å². The van der Waals surface area contributed by atoms with Crippen LogP contribution in [0.15, 0.2) is 24.5 Å². The lowest BCUT2D eigenvalue weighted by Gasteiger charge is -2.20. The van der Waals surface area contributed by atoms with E-state index in [4.69, 9.17) is 0 Å². The minimum absolute atomic E-state index is 0.0339. The van der Waals surface area contributed by atoms with Gasteiger partial charge in [-0.3, -0.25) is 0 Å². The number of hydrogen-bond acceptors (Lipinski definition) is 4. The molecule has 1 heterocycles. The SMILES string of the molecule is Cc1ccc(O)c(C(C)NC(C)c2nncn2C)c1. The monoisotopic (exact) mass is 260 g/mol. The van der Waals surface area contributed by atoms with Crippen molar-refractivity contribution in [3.05, 3.63) is 41.5 Å². The van der Waals surface area contributed by atoms with E-state index >= 15 is 0 Å². The molecule has 0 saturated carbocycles. The first-order valence-corrected chi connectivity index (χ1v) is 6.38. The summed E-state index contributed by atoms with van der Waals surface area (Å²) in [7, 11) is 1.92. The van der Waals surface area contributed by atoms with Crippen LogP contribution in [-0.2, 0) is 7.05 Å². The molecular formula is C14H20N4O. The molecule has 0 spiro atoms. The Morgan fingerprint density at radius 2 is 2.00 bits per heavy atom. The molecule has 0 fully saturated rings. The fraction of sp³-hybridized carbons (Fsp3) is 0.429. The maximum atomic E-state index is 9.93. The zero-order valence-electron chi connectivity index (χ0n) is 11.8. The molecule has 2 unspecified atom stereocenters. The molecule has 0 aliphatic carbocycles. The molecule has 0 aliphatic rings. The van der Waals surface area contributed by atoms with Crippen LogP contribution >= 0.6 is 0 Å². The highest BCUT2D eigenvalue weighted by Gasteiger charge is 2.17. The number of aromatic hydroxyl groups is 1. The molecule has 2 rings (SSSR count). The van der Waals surface area contributed by atoms with Crippen molar-refractivity contribution in [3.63, 3.8) is 0 Å². The van der Waals surface area contributed by atoms with Crippen molar-refractivity contribution in [1.82, 2.24) is 20.1 Å². The number of phenols is 1. The maximum absolute atomic E-state index is 9.93. The number of phenolic OH excluding ortho intramolecular Hbond substituents is 1. The Hall–Kier alpha value is -1.88. The van der Waals surface area contributed by atoms with Gasteiger partial charge in [-0.1, -0.05) is 17.7 Å². The highest BCUT2D eigenvalue weighted by molar-refractivity contribution is 5.37. The third kappa shape index (κ3) is 2.93. The van der Waals surface area contributed by atoms with Gasteiger partial charge in [0, 0.05) is 18.7 Å². The van der Waals surface area contributed by atoms with Crippen molar-refractivity contribution < 1.29 is 5.11 Å². The Morgan fingerprint density at radius 1 is 1.26 bits per heavy atom. The van der Waals surface area contributed by atoms with Crippen molar-refractivity contribution >= 4 is 0 Å². The molecule has 5 heteroatoms. The van der Waals surface area contributed by atoms with Crippen LogP contribution in [0.3, 0.4) is 0 Å². The summed E-state index contributed by atoms with van der Waals surface area (Å²) < 4.78 is 1.89. The number of nitrogens with one attached hydrogen (secondary N) is 1.